The third kappa shape index (κ3) is 2.63. The third-order valence-corrected chi connectivity index (χ3v) is 3.80. The van der Waals surface area contributed by atoms with Crippen molar-refractivity contribution in [1.29, 1.82) is 0 Å². The van der Waals surface area contributed by atoms with E-state index in [4.69, 9.17) is 21.1 Å². The molecule has 1 unspecified atom stereocenters. The Kier molecular flexibility index (Phi) is 3.51. The van der Waals surface area contributed by atoms with Gasteiger partial charge in [0, 0.05) is 18.7 Å². The molecule has 3 rings (SSSR count). The van der Waals surface area contributed by atoms with Crippen LogP contribution in [0, 0.1) is 0 Å². The lowest BCUT2D eigenvalue weighted by Gasteiger charge is -2.30. The second-order valence-electron chi connectivity index (χ2n) is 4.85. The van der Waals surface area contributed by atoms with Gasteiger partial charge >= 0.3 is 0 Å². The molecule has 1 atom stereocenters. The van der Waals surface area contributed by atoms with Crippen LogP contribution in [0.5, 0.6) is 11.5 Å². The predicted molar refractivity (Wildman–Crippen MR) is 72.2 cm³/mol. The van der Waals surface area contributed by atoms with Gasteiger partial charge in [-0.15, -0.1) is 11.6 Å². The number of rotatable bonds is 1. The highest BCUT2D eigenvalue weighted by Gasteiger charge is 2.24. The number of ether oxygens (including phenoxy) is 2. The fourth-order valence-electron chi connectivity index (χ4n) is 2.47. The first-order chi connectivity index (χ1) is 9.24. The molecule has 0 aliphatic carbocycles. The zero-order valence-corrected chi connectivity index (χ0v) is 11.4. The number of hydrogen-bond acceptors (Lipinski definition) is 3. The van der Waals surface area contributed by atoms with Crippen LogP contribution in [0.4, 0.5) is 0 Å². The number of hydrogen-bond donors (Lipinski definition) is 0. The maximum Gasteiger partial charge on any atom is 0.254 e. The van der Waals surface area contributed by atoms with Crippen LogP contribution in [0.15, 0.2) is 18.2 Å². The van der Waals surface area contributed by atoms with Crippen LogP contribution in [0.2, 0.25) is 0 Å². The van der Waals surface area contributed by atoms with Gasteiger partial charge < -0.3 is 14.4 Å². The van der Waals surface area contributed by atoms with E-state index in [2.05, 4.69) is 0 Å². The van der Waals surface area contributed by atoms with Crippen LogP contribution in [0.25, 0.3) is 0 Å². The number of benzene rings is 1. The van der Waals surface area contributed by atoms with Crippen molar-refractivity contribution in [1.82, 2.24) is 4.90 Å². The van der Waals surface area contributed by atoms with E-state index in [1.165, 1.54) is 0 Å². The van der Waals surface area contributed by atoms with Crippen molar-refractivity contribution in [3.05, 3.63) is 23.8 Å². The molecule has 0 saturated carbocycles. The van der Waals surface area contributed by atoms with Gasteiger partial charge in [0.15, 0.2) is 11.5 Å². The van der Waals surface area contributed by atoms with Gasteiger partial charge in [-0.25, -0.2) is 0 Å². The number of carbonyl (C=O) groups is 1. The van der Waals surface area contributed by atoms with Crippen LogP contribution < -0.4 is 9.47 Å². The highest BCUT2D eigenvalue weighted by molar-refractivity contribution is 6.21. The first-order valence-corrected chi connectivity index (χ1v) is 7.00. The van der Waals surface area contributed by atoms with E-state index in [1.54, 1.807) is 18.2 Å². The fourth-order valence-corrected chi connectivity index (χ4v) is 2.79. The van der Waals surface area contributed by atoms with E-state index in [-0.39, 0.29) is 11.3 Å². The largest absolute Gasteiger partial charge is 0.486 e. The number of nitrogens with zero attached hydrogens (tertiary/aromatic N) is 1. The molecule has 2 heterocycles. The molecule has 1 saturated heterocycles. The van der Waals surface area contributed by atoms with Crippen LogP contribution in [0.1, 0.15) is 23.2 Å². The zero-order chi connectivity index (χ0) is 13.2. The van der Waals surface area contributed by atoms with E-state index in [1.807, 2.05) is 4.90 Å². The van der Waals surface area contributed by atoms with Crippen LogP contribution >= 0.6 is 11.6 Å². The van der Waals surface area contributed by atoms with E-state index in [0.29, 0.717) is 36.8 Å². The maximum absolute atomic E-state index is 12.4. The molecule has 0 aromatic heterocycles. The molecule has 0 radical (unpaired) electrons. The van der Waals surface area contributed by atoms with Crippen molar-refractivity contribution >= 4 is 17.5 Å². The third-order valence-electron chi connectivity index (χ3n) is 3.44. The molecule has 1 aromatic rings. The topological polar surface area (TPSA) is 38.8 Å². The Balaban J connectivity index is 1.79. The summed E-state index contributed by atoms with van der Waals surface area (Å²) in [4.78, 5) is 14.2. The van der Waals surface area contributed by atoms with Crippen LogP contribution in [0.3, 0.4) is 0 Å². The molecule has 0 N–H and O–H groups in total. The summed E-state index contributed by atoms with van der Waals surface area (Å²) in [6.07, 6.45) is 1.94. The monoisotopic (exact) mass is 281 g/mol. The normalized spacial score (nSPS) is 22.2. The summed E-state index contributed by atoms with van der Waals surface area (Å²) < 4.78 is 11.0. The van der Waals surface area contributed by atoms with E-state index < -0.39 is 0 Å². The molecule has 1 amide bonds. The summed E-state index contributed by atoms with van der Waals surface area (Å²) in [7, 11) is 0. The van der Waals surface area contributed by atoms with E-state index >= 15 is 0 Å². The van der Waals surface area contributed by atoms with Gasteiger partial charge in [-0.1, -0.05) is 0 Å². The number of amides is 1. The number of piperidine rings is 1. The second-order valence-corrected chi connectivity index (χ2v) is 5.47. The maximum atomic E-state index is 12.4. The molecule has 19 heavy (non-hydrogen) atoms. The highest BCUT2D eigenvalue weighted by atomic mass is 35.5. The van der Waals surface area contributed by atoms with Crippen molar-refractivity contribution in [2.75, 3.05) is 26.3 Å². The Bertz CT molecular complexity index is 492. The Labute approximate surface area is 117 Å². The summed E-state index contributed by atoms with van der Waals surface area (Å²) in [5.74, 6) is 1.37. The zero-order valence-electron chi connectivity index (χ0n) is 10.6. The Morgan fingerprint density at radius 3 is 2.84 bits per heavy atom. The van der Waals surface area contributed by atoms with Crippen molar-refractivity contribution < 1.29 is 14.3 Å². The van der Waals surface area contributed by atoms with Gasteiger partial charge in [0.1, 0.15) is 13.2 Å². The molecule has 5 heteroatoms. The first kappa shape index (κ1) is 12.6. The summed E-state index contributed by atoms with van der Waals surface area (Å²) in [5.41, 5.74) is 0.634. The average molecular weight is 282 g/mol. The molecule has 0 bridgehead atoms. The minimum Gasteiger partial charge on any atom is -0.486 e. The first-order valence-electron chi connectivity index (χ1n) is 6.57. The van der Waals surface area contributed by atoms with Gasteiger partial charge in [-0.2, -0.15) is 0 Å². The Hall–Kier alpha value is -1.42. The summed E-state index contributed by atoms with van der Waals surface area (Å²) in [6.45, 7) is 2.48. The van der Waals surface area contributed by atoms with Gasteiger partial charge in [-0.3, -0.25) is 4.79 Å². The molecule has 2 aliphatic heterocycles. The molecule has 4 nitrogen and oxygen atoms in total. The minimum absolute atomic E-state index is 0.0160. The summed E-state index contributed by atoms with van der Waals surface area (Å²) >= 11 is 6.12. The lowest BCUT2D eigenvalue weighted by Crippen LogP contribution is -2.40. The highest BCUT2D eigenvalue weighted by Crippen LogP contribution is 2.31. The fraction of sp³-hybridized carbons (Fsp3) is 0.500. The van der Waals surface area contributed by atoms with Crippen molar-refractivity contribution in [2.45, 2.75) is 18.2 Å². The van der Waals surface area contributed by atoms with Gasteiger partial charge in [0.05, 0.1) is 5.38 Å². The van der Waals surface area contributed by atoms with Gasteiger partial charge in [0.25, 0.3) is 5.91 Å². The van der Waals surface area contributed by atoms with E-state index in [9.17, 15) is 4.79 Å². The summed E-state index contributed by atoms with van der Waals surface area (Å²) in [6, 6.07) is 5.34. The summed E-state index contributed by atoms with van der Waals surface area (Å²) in [5, 5.41) is 0.0647. The van der Waals surface area contributed by atoms with Crippen molar-refractivity contribution in [3.63, 3.8) is 0 Å². The molecule has 0 spiro atoms. The molecule has 102 valence electrons. The SMILES string of the molecule is O=C(c1ccc2c(c1)OCCO2)N1CCCC(Cl)C1. The number of halogens is 1. The molecule has 1 aromatic carbocycles. The minimum atomic E-state index is 0.0160. The van der Waals surface area contributed by atoms with Crippen molar-refractivity contribution in [3.8, 4) is 11.5 Å². The number of carbonyl (C=O) groups excluding carboxylic acids is 1. The number of alkyl halides is 1. The van der Waals surface area contributed by atoms with Crippen LogP contribution in [-0.4, -0.2) is 42.5 Å². The molecular formula is C14H16ClNO3. The Morgan fingerprint density at radius 2 is 2.05 bits per heavy atom. The van der Waals surface area contributed by atoms with E-state index in [0.717, 1.165) is 19.4 Å². The predicted octanol–water partition coefficient (Wildman–Crippen LogP) is 2.30. The number of fused-ring (bicyclic) bond motifs is 1. The molecule has 2 aliphatic rings. The lowest BCUT2D eigenvalue weighted by molar-refractivity contribution is 0.0726. The average Bonchev–Trinajstić information content (AvgIpc) is 2.46. The molecule has 1 fully saturated rings. The van der Waals surface area contributed by atoms with Gasteiger partial charge in [0.2, 0.25) is 0 Å². The Morgan fingerprint density at radius 1 is 1.26 bits per heavy atom. The lowest BCUT2D eigenvalue weighted by atomic mass is 10.1. The smallest absolute Gasteiger partial charge is 0.254 e. The van der Waals surface area contributed by atoms with Crippen LogP contribution in [-0.2, 0) is 0 Å². The van der Waals surface area contributed by atoms with Crippen molar-refractivity contribution in [2.24, 2.45) is 0 Å². The second kappa shape index (κ2) is 5.29. The molecular weight excluding hydrogens is 266 g/mol. The van der Waals surface area contributed by atoms with Gasteiger partial charge in [-0.05, 0) is 31.0 Å². The number of likely N-dealkylation sites (tertiary alicyclic amines) is 1. The standard InChI is InChI=1S/C14H16ClNO3/c15-11-2-1-5-16(9-11)14(17)10-3-4-12-13(8-10)19-7-6-18-12/h3-4,8,11H,1-2,5-7,9H2. The quantitative estimate of drug-likeness (QED) is 0.742.